The molecule has 1 aliphatic rings. The van der Waals surface area contributed by atoms with Gasteiger partial charge in [0.15, 0.2) is 0 Å². The van der Waals surface area contributed by atoms with Crippen LogP contribution >= 0.6 is 12.2 Å². The van der Waals surface area contributed by atoms with Crippen molar-refractivity contribution in [3.8, 4) is 0 Å². The van der Waals surface area contributed by atoms with Crippen LogP contribution in [-0.2, 0) is 9.59 Å². The minimum atomic E-state index is -0.387. The highest BCUT2D eigenvalue weighted by Crippen LogP contribution is 2.46. The summed E-state index contributed by atoms with van der Waals surface area (Å²) in [5, 5.41) is 1.53. The molecule has 6 nitrogen and oxygen atoms in total. The number of thiocarbonyl (C=S) groups is 1. The highest BCUT2D eigenvalue weighted by atomic mass is 32.1. The molecule has 0 saturated heterocycles. The highest BCUT2D eigenvalue weighted by molar-refractivity contribution is 7.80. The summed E-state index contributed by atoms with van der Waals surface area (Å²) in [7, 11) is 3.25. The van der Waals surface area contributed by atoms with Crippen molar-refractivity contribution in [1.29, 1.82) is 0 Å². The van der Waals surface area contributed by atoms with E-state index in [2.05, 4.69) is 23.2 Å². The molecule has 0 aromatic carbocycles. The molecule has 0 heterocycles. The third-order valence-corrected chi connectivity index (χ3v) is 3.47. The Hall–Kier alpha value is -1.21. The zero-order valence-corrected chi connectivity index (χ0v) is 11.1. The first kappa shape index (κ1) is 13.9. The van der Waals surface area contributed by atoms with Crippen LogP contribution in [0.15, 0.2) is 0 Å². The monoisotopic (exact) mass is 258 g/mol. The van der Waals surface area contributed by atoms with E-state index in [1.807, 2.05) is 0 Å². The van der Waals surface area contributed by atoms with Gasteiger partial charge in [0.05, 0.1) is 0 Å². The van der Waals surface area contributed by atoms with Crippen molar-refractivity contribution in [2.75, 3.05) is 14.1 Å². The predicted molar refractivity (Wildman–Crippen MR) is 67.7 cm³/mol. The van der Waals surface area contributed by atoms with Crippen molar-refractivity contribution in [2.24, 2.45) is 5.41 Å². The smallest absolute Gasteiger partial charge is 0.247 e. The molecule has 7 heteroatoms. The average molecular weight is 258 g/mol. The zero-order valence-electron chi connectivity index (χ0n) is 10.3. The maximum atomic E-state index is 11.5. The van der Waals surface area contributed by atoms with E-state index >= 15 is 0 Å². The van der Waals surface area contributed by atoms with Gasteiger partial charge in [0.25, 0.3) is 0 Å². The van der Waals surface area contributed by atoms with E-state index in [1.165, 1.54) is 5.01 Å². The normalized spacial score (nSPS) is 15.9. The van der Waals surface area contributed by atoms with E-state index in [-0.39, 0.29) is 23.7 Å². The lowest BCUT2D eigenvalue weighted by Gasteiger charge is -2.24. The van der Waals surface area contributed by atoms with Crippen LogP contribution in [0, 0.1) is 5.41 Å². The Morgan fingerprint density at radius 2 is 1.94 bits per heavy atom. The van der Waals surface area contributed by atoms with Gasteiger partial charge >= 0.3 is 0 Å². The first-order valence-corrected chi connectivity index (χ1v) is 5.83. The molecule has 2 amide bonds. The van der Waals surface area contributed by atoms with Crippen LogP contribution in [-0.4, -0.2) is 35.9 Å². The molecule has 3 N–H and O–H groups in total. The number of hydrogen-bond acceptors (Lipinski definition) is 4. The number of carbonyl (C=O) groups is 2. The lowest BCUT2D eigenvalue weighted by molar-refractivity contribution is -0.131. The largest absolute Gasteiger partial charge is 0.291 e. The van der Waals surface area contributed by atoms with Crippen LogP contribution in [0.4, 0.5) is 0 Å². The topological polar surface area (TPSA) is 73.5 Å². The minimum Gasteiger partial charge on any atom is -0.291 e. The van der Waals surface area contributed by atoms with Gasteiger partial charge in [0, 0.05) is 19.5 Å². The van der Waals surface area contributed by atoms with E-state index in [0.717, 1.165) is 12.8 Å². The van der Waals surface area contributed by atoms with E-state index in [9.17, 15) is 9.59 Å². The molecule has 96 valence electrons. The van der Waals surface area contributed by atoms with Crippen molar-refractivity contribution >= 4 is 29.0 Å². The summed E-state index contributed by atoms with van der Waals surface area (Å²) in [6.07, 6.45) is 1.86. The van der Waals surface area contributed by atoms with Crippen LogP contribution in [0.25, 0.3) is 0 Å². The van der Waals surface area contributed by atoms with E-state index in [0.29, 0.717) is 4.99 Å². The third-order valence-electron chi connectivity index (χ3n) is 2.70. The molecule has 0 atom stereocenters. The number of amides is 2. The van der Waals surface area contributed by atoms with Crippen molar-refractivity contribution in [3.63, 3.8) is 0 Å². The number of carbonyl (C=O) groups excluding carboxylic acids is 2. The summed E-state index contributed by atoms with van der Waals surface area (Å²) in [6, 6.07) is 0. The summed E-state index contributed by atoms with van der Waals surface area (Å²) >= 11 is 5.26. The summed E-state index contributed by atoms with van der Waals surface area (Å²) in [4.78, 5) is 23.3. The van der Waals surface area contributed by atoms with Crippen LogP contribution in [0.3, 0.4) is 0 Å². The van der Waals surface area contributed by atoms with Gasteiger partial charge in [-0.15, -0.1) is 0 Å². The van der Waals surface area contributed by atoms with Crippen LogP contribution in [0.2, 0.25) is 0 Å². The fourth-order valence-electron chi connectivity index (χ4n) is 1.41. The van der Waals surface area contributed by atoms with Crippen molar-refractivity contribution in [1.82, 2.24) is 21.3 Å². The molecule has 1 fully saturated rings. The highest BCUT2D eigenvalue weighted by Gasteiger charge is 2.43. The van der Waals surface area contributed by atoms with Gasteiger partial charge < -0.3 is 0 Å². The molecule has 0 radical (unpaired) electrons. The first-order chi connectivity index (χ1) is 7.89. The number of hydrogen-bond donors (Lipinski definition) is 3. The second kappa shape index (κ2) is 5.42. The van der Waals surface area contributed by atoms with Crippen LogP contribution in [0.5, 0.6) is 0 Å². The second-order valence-electron chi connectivity index (χ2n) is 4.43. The van der Waals surface area contributed by atoms with Gasteiger partial charge in [0.2, 0.25) is 11.8 Å². The lowest BCUT2D eigenvalue weighted by Crippen LogP contribution is -2.47. The number of nitrogens with zero attached hydrogens (tertiary/aromatic N) is 1. The first-order valence-electron chi connectivity index (χ1n) is 5.42. The molecule has 0 spiro atoms. The SMILES string of the molecule is CNNC(=O)CC(=O)NN(C)C(=S)C1(C)CC1. The third kappa shape index (κ3) is 3.94. The van der Waals surface area contributed by atoms with Crippen molar-refractivity contribution in [3.05, 3.63) is 0 Å². The van der Waals surface area contributed by atoms with E-state index in [4.69, 9.17) is 12.2 Å². The Kier molecular flexibility index (Phi) is 4.41. The molecule has 17 heavy (non-hydrogen) atoms. The maximum absolute atomic E-state index is 11.5. The summed E-state index contributed by atoms with van der Waals surface area (Å²) in [5.41, 5.74) is 7.40. The molecule has 1 aliphatic carbocycles. The van der Waals surface area contributed by atoms with Gasteiger partial charge in [-0.1, -0.05) is 19.1 Å². The standard InChI is InChI=1S/C10H18N4O2S/c1-10(4-5-10)9(17)14(3)13-8(16)6-7(15)12-11-2/h11H,4-6H2,1-3H3,(H,12,15)(H,13,16). The minimum absolute atomic E-state index is 0.0323. The quantitative estimate of drug-likeness (QED) is 0.367. The molecule has 0 aromatic rings. The Balaban J connectivity index is 2.35. The fraction of sp³-hybridized carbons (Fsp3) is 0.700. The molecule has 0 unspecified atom stereocenters. The lowest BCUT2D eigenvalue weighted by atomic mass is 10.1. The Morgan fingerprint density at radius 3 is 2.41 bits per heavy atom. The number of rotatable bonds is 4. The van der Waals surface area contributed by atoms with Gasteiger partial charge in [-0.05, 0) is 12.8 Å². The Morgan fingerprint density at radius 1 is 1.35 bits per heavy atom. The maximum Gasteiger partial charge on any atom is 0.247 e. The molecular weight excluding hydrogens is 240 g/mol. The Labute approximate surface area is 106 Å². The van der Waals surface area contributed by atoms with Gasteiger partial charge in [-0.2, -0.15) is 0 Å². The van der Waals surface area contributed by atoms with Gasteiger partial charge in [-0.25, -0.2) is 5.43 Å². The molecular formula is C10H18N4O2S. The van der Waals surface area contributed by atoms with Crippen molar-refractivity contribution in [2.45, 2.75) is 26.2 Å². The number of hydrazine groups is 2. The van der Waals surface area contributed by atoms with E-state index in [1.54, 1.807) is 14.1 Å². The molecule has 0 aliphatic heterocycles. The molecule has 0 aromatic heterocycles. The van der Waals surface area contributed by atoms with Crippen LogP contribution in [0.1, 0.15) is 26.2 Å². The Bertz CT molecular complexity index is 341. The summed E-state index contributed by atoms with van der Waals surface area (Å²) in [5.74, 6) is -0.770. The molecule has 1 rings (SSSR count). The van der Waals surface area contributed by atoms with Gasteiger partial charge in [0.1, 0.15) is 11.4 Å². The predicted octanol–water partition coefficient (Wildman–Crippen LogP) is -0.282. The fourth-order valence-corrected chi connectivity index (χ4v) is 1.66. The van der Waals surface area contributed by atoms with Crippen molar-refractivity contribution < 1.29 is 9.59 Å². The summed E-state index contributed by atoms with van der Waals surface area (Å²) in [6.45, 7) is 2.06. The zero-order chi connectivity index (χ0) is 13.1. The van der Waals surface area contributed by atoms with Gasteiger partial charge in [-0.3, -0.25) is 25.4 Å². The molecule has 0 bridgehead atoms. The second-order valence-corrected chi connectivity index (χ2v) is 4.82. The molecule has 1 saturated carbocycles. The van der Waals surface area contributed by atoms with Crippen LogP contribution < -0.4 is 16.3 Å². The number of nitrogens with one attached hydrogen (secondary N) is 3. The average Bonchev–Trinajstić information content (AvgIpc) is 2.96. The summed E-state index contributed by atoms with van der Waals surface area (Å²) < 4.78 is 0. The van der Waals surface area contributed by atoms with E-state index < -0.39 is 0 Å².